The van der Waals surface area contributed by atoms with Gasteiger partial charge in [0.05, 0.1) is 12.5 Å². The molecule has 2 aliphatic heterocycles. The average Bonchev–Trinajstić information content (AvgIpc) is 2.65. The van der Waals surface area contributed by atoms with E-state index in [9.17, 15) is 19.5 Å². The van der Waals surface area contributed by atoms with E-state index in [1.807, 2.05) is 25.1 Å². The van der Waals surface area contributed by atoms with E-state index in [-0.39, 0.29) is 17.9 Å². The van der Waals surface area contributed by atoms with Crippen molar-refractivity contribution in [2.24, 2.45) is 5.92 Å². The molecule has 2 N–H and O–H groups in total. The number of benzene rings is 1. The molecule has 2 aliphatic rings. The van der Waals surface area contributed by atoms with Crippen LogP contribution in [0.1, 0.15) is 44.6 Å². The number of likely N-dealkylation sites (tertiary alicyclic amines) is 1. The van der Waals surface area contributed by atoms with Crippen molar-refractivity contribution in [2.45, 2.75) is 51.5 Å². The lowest BCUT2D eigenvalue weighted by molar-refractivity contribution is -0.149. The summed E-state index contributed by atoms with van der Waals surface area (Å²) in [5.74, 6) is -0.548. The Bertz CT molecular complexity index is 733. The lowest BCUT2D eigenvalue weighted by Crippen LogP contribution is -2.49. The zero-order valence-corrected chi connectivity index (χ0v) is 15.6. The van der Waals surface area contributed by atoms with Crippen LogP contribution in [0.25, 0.3) is 0 Å². The average molecular weight is 374 g/mol. The van der Waals surface area contributed by atoms with Crippen LogP contribution in [0.5, 0.6) is 5.75 Å². The topological polar surface area (TPSA) is 95.9 Å². The molecule has 0 aliphatic carbocycles. The van der Waals surface area contributed by atoms with E-state index in [4.69, 9.17) is 4.74 Å². The predicted octanol–water partition coefficient (Wildman–Crippen LogP) is 2.44. The number of aliphatic carboxylic acids is 1. The van der Waals surface area contributed by atoms with E-state index in [1.165, 1.54) is 0 Å². The monoisotopic (exact) mass is 374 g/mol. The molecule has 7 heteroatoms. The number of carbonyl (C=O) groups excluding carboxylic acids is 2. The lowest BCUT2D eigenvalue weighted by atomic mass is 9.90. The highest BCUT2D eigenvalue weighted by Crippen LogP contribution is 2.27. The number of carbonyl (C=O) groups is 3. The van der Waals surface area contributed by atoms with Crippen molar-refractivity contribution >= 4 is 23.5 Å². The second kappa shape index (κ2) is 8.41. The summed E-state index contributed by atoms with van der Waals surface area (Å²) in [5, 5.41) is 12.1. The molecule has 0 bridgehead atoms. The van der Waals surface area contributed by atoms with Gasteiger partial charge in [0.1, 0.15) is 5.75 Å². The van der Waals surface area contributed by atoms with Crippen molar-refractivity contribution in [3.63, 3.8) is 0 Å². The number of carboxylic acid groups (broad SMARTS) is 1. The Hall–Kier alpha value is -2.57. The van der Waals surface area contributed by atoms with Crippen LogP contribution in [0.3, 0.4) is 0 Å². The molecule has 2 atom stereocenters. The smallest absolute Gasteiger partial charge is 0.308 e. The number of nitrogens with zero attached hydrogens (tertiary/aromatic N) is 1. The zero-order chi connectivity index (χ0) is 19.4. The highest BCUT2D eigenvalue weighted by Gasteiger charge is 2.34. The molecule has 1 saturated heterocycles. The third-order valence-electron chi connectivity index (χ3n) is 5.40. The van der Waals surface area contributed by atoms with Gasteiger partial charge >= 0.3 is 5.97 Å². The fourth-order valence-electron chi connectivity index (χ4n) is 3.83. The quantitative estimate of drug-likeness (QED) is 0.746. The molecule has 7 nitrogen and oxygen atoms in total. The molecule has 1 aromatic rings. The second-order valence-corrected chi connectivity index (χ2v) is 7.23. The van der Waals surface area contributed by atoms with Gasteiger partial charge < -0.3 is 20.1 Å². The molecule has 1 fully saturated rings. The number of ether oxygens (including phenoxy) is 1. The minimum atomic E-state index is -0.827. The molecule has 0 unspecified atom stereocenters. The highest BCUT2D eigenvalue weighted by atomic mass is 16.5. The molecule has 146 valence electrons. The summed E-state index contributed by atoms with van der Waals surface area (Å²) in [7, 11) is 0. The minimum absolute atomic E-state index is 0.00907. The minimum Gasteiger partial charge on any atom is -0.494 e. The van der Waals surface area contributed by atoms with E-state index in [0.29, 0.717) is 45.3 Å². The van der Waals surface area contributed by atoms with Crippen molar-refractivity contribution < 1.29 is 24.2 Å². The van der Waals surface area contributed by atoms with Gasteiger partial charge in [0.25, 0.3) is 0 Å². The van der Waals surface area contributed by atoms with Crippen LogP contribution in [0, 0.1) is 5.92 Å². The van der Waals surface area contributed by atoms with E-state index in [1.54, 1.807) is 4.90 Å². The maximum atomic E-state index is 12.4. The van der Waals surface area contributed by atoms with Crippen LogP contribution in [0.2, 0.25) is 0 Å². The van der Waals surface area contributed by atoms with Crippen LogP contribution in [-0.4, -0.2) is 47.0 Å². The van der Waals surface area contributed by atoms with Gasteiger partial charge in [-0.1, -0.05) is 0 Å². The molecule has 0 spiro atoms. The maximum Gasteiger partial charge on any atom is 0.308 e. The van der Waals surface area contributed by atoms with Crippen LogP contribution >= 0.6 is 0 Å². The van der Waals surface area contributed by atoms with Crippen molar-refractivity contribution in [3.8, 4) is 5.75 Å². The summed E-state index contributed by atoms with van der Waals surface area (Å²) in [5.41, 5.74) is 1.89. The predicted molar refractivity (Wildman–Crippen MR) is 99.7 cm³/mol. The summed E-state index contributed by atoms with van der Waals surface area (Å²) < 4.78 is 5.75. The fourth-order valence-corrected chi connectivity index (χ4v) is 3.83. The van der Waals surface area contributed by atoms with Crippen molar-refractivity contribution in [1.82, 2.24) is 4.90 Å². The van der Waals surface area contributed by atoms with Crippen molar-refractivity contribution in [1.29, 1.82) is 0 Å². The van der Waals surface area contributed by atoms with Gasteiger partial charge in [0.2, 0.25) is 11.8 Å². The maximum absolute atomic E-state index is 12.4. The first-order chi connectivity index (χ1) is 13.0. The van der Waals surface area contributed by atoms with E-state index < -0.39 is 11.9 Å². The molecule has 3 rings (SSSR count). The third kappa shape index (κ3) is 4.59. The van der Waals surface area contributed by atoms with Gasteiger partial charge in [0, 0.05) is 31.1 Å². The van der Waals surface area contributed by atoms with Crippen LogP contribution in [0.4, 0.5) is 5.69 Å². The Morgan fingerprint density at radius 2 is 2.15 bits per heavy atom. The SMILES string of the molecule is C[C@@H]1[C@H](C(=O)O)CCCN1C(=O)CCCOc1ccc2c(c1)CCC(=O)N2. The Labute approximate surface area is 158 Å². The number of amides is 2. The van der Waals surface area contributed by atoms with E-state index in [2.05, 4.69) is 5.32 Å². The van der Waals surface area contributed by atoms with Gasteiger partial charge in [0.15, 0.2) is 0 Å². The molecule has 1 aromatic carbocycles. The Morgan fingerprint density at radius 3 is 2.93 bits per heavy atom. The first-order valence-corrected chi connectivity index (χ1v) is 9.53. The number of fused-ring (bicyclic) bond motifs is 1. The van der Waals surface area contributed by atoms with Crippen LogP contribution < -0.4 is 10.1 Å². The van der Waals surface area contributed by atoms with Gasteiger partial charge in [-0.05, 0) is 56.4 Å². The number of hydrogen-bond donors (Lipinski definition) is 2. The summed E-state index contributed by atoms with van der Waals surface area (Å²) in [4.78, 5) is 36.8. The lowest BCUT2D eigenvalue weighted by Gasteiger charge is -2.37. The van der Waals surface area contributed by atoms with Gasteiger partial charge in [-0.15, -0.1) is 0 Å². The normalized spacial score (nSPS) is 22.0. The van der Waals surface area contributed by atoms with Gasteiger partial charge in [-0.3, -0.25) is 14.4 Å². The van der Waals surface area contributed by atoms with Crippen molar-refractivity contribution in [2.75, 3.05) is 18.5 Å². The van der Waals surface area contributed by atoms with Gasteiger partial charge in [-0.2, -0.15) is 0 Å². The van der Waals surface area contributed by atoms with E-state index >= 15 is 0 Å². The summed E-state index contributed by atoms with van der Waals surface area (Å²) in [6.07, 6.45) is 3.47. The molecule has 27 heavy (non-hydrogen) atoms. The molecule has 2 amide bonds. The standard InChI is InChI=1S/C20H26N2O5/c1-13-16(20(25)26)4-2-10-22(13)19(24)5-3-11-27-15-7-8-17-14(12-15)6-9-18(23)21-17/h7-8,12-13,16H,2-6,9-11H2,1H3,(H,21,23)(H,25,26)/t13-,16-/m1/s1. The Kier molecular flexibility index (Phi) is 5.98. The first-order valence-electron chi connectivity index (χ1n) is 9.53. The first kappa shape index (κ1) is 19.2. The number of carboxylic acids is 1. The molecule has 0 radical (unpaired) electrons. The molecular formula is C20H26N2O5. The van der Waals surface area contributed by atoms with Crippen LogP contribution in [-0.2, 0) is 20.8 Å². The fraction of sp³-hybridized carbons (Fsp3) is 0.550. The summed E-state index contributed by atoms with van der Waals surface area (Å²) >= 11 is 0. The van der Waals surface area contributed by atoms with Crippen LogP contribution in [0.15, 0.2) is 18.2 Å². The Morgan fingerprint density at radius 1 is 1.33 bits per heavy atom. The van der Waals surface area contributed by atoms with Crippen molar-refractivity contribution in [3.05, 3.63) is 23.8 Å². The molecule has 0 aromatic heterocycles. The number of aryl methyl sites for hydroxylation is 1. The number of rotatable bonds is 6. The zero-order valence-electron chi connectivity index (χ0n) is 15.6. The summed E-state index contributed by atoms with van der Waals surface area (Å²) in [6.45, 7) is 2.86. The Balaban J connectivity index is 1.45. The molecule has 2 heterocycles. The number of nitrogens with one attached hydrogen (secondary N) is 1. The van der Waals surface area contributed by atoms with Gasteiger partial charge in [-0.25, -0.2) is 0 Å². The number of hydrogen-bond acceptors (Lipinski definition) is 4. The summed E-state index contributed by atoms with van der Waals surface area (Å²) in [6, 6.07) is 5.33. The number of piperidine rings is 1. The largest absolute Gasteiger partial charge is 0.494 e. The second-order valence-electron chi connectivity index (χ2n) is 7.23. The third-order valence-corrected chi connectivity index (χ3v) is 5.40. The molecule has 0 saturated carbocycles. The number of anilines is 1. The molecular weight excluding hydrogens is 348 g/mol. The highest BCUT2D eigenvalue weighted by molar-refractivity contribution is 5.94. The van der Waals surface area contributed by atoms with E-state index in [0.717, 1.165) is 23.4 Å².